The lowest BCUT2D eigenvalue weighted by atomic mass is 9.96. The van der Waals surface area contributed by atoms with E-state index in [1.165, 1.54) is 32.2 Å². The van der Waals surface area contributed by atoms with Crippen LogP contribution in [0.4, 0.5) is 19.6 Å². The number of rotatable bonds is 5. The first-order chi connectivity index (χ1) is 13.6. The van der Waals surface area contributed by atoms with Gasteiger partial charge in [0.1, 0.15) is 28.5 Å². The van der Waals surface area contributed by atoms with E-state index in [9.17, 15) is 18.7 Å². The smallest absolute Gasteiger partial charge is 0.251 e. The van der Waals surface area contributed by atoms with Crippen molar-refractivity contribution in [3.05, 3.63) is 59.0 Å². The number of halogens is 2. The van der Waals surface area contributed by atoms with Crippen molar-refractivity contribution in [1.29, 1.82) is 5.26 Å². The van der Waals surface area contributed by atoms with Gasteiger partial charge in [0, 0.05) is 11.1 Å². The average Bonchev–Trinajstić information content (AvgIpc) is 3.04. The highest BCUT2D eigenvalue weighted by atomic mass is 32.1. The van der Waals surface area contributed by atoms with Crippen LogP contribution in [0.1, 0.15) is 35.6 Å². The topological polar surface area (TPSA) is 125 Å². The Morgan fingerprint density at radius 3 is 2.52 bits per heavy atom. The van der Waals surface area contributed by atoms with Gasteiger partial charge in [-0.05, 0) is 43.7 Å². The molecule has 0 aliphatic heterocycles. The van der Waals surface area contributed by atoms with Crippen molar-refractivity contribution >= 4 is 28.1 Å². The summed E-state index contributed by atoms with van der Waals surface area (Å²) in [5, 5.41) is 21.9. The fourth-order valence-corrected chi connectivity index (χ4v) is 3.67. The molecule has 4 N–H and O–H groups in total. The molecule has 10 heteroatoms. The summed E-state index contributed by atoms with van der Waals surface area (Å²) in [6, 6.07) is 6.60. The fraction of sp³-hybridized carbons (Fsp3) is 0.158. The molecule has 0 atom stereocenters. The minimum Gasteiger partial charge on any atom is -0.386 e. The van der Waals surface area contributed by atoms with Crippen molar-refractivity contribution in [2.75, 3.05) is 5.32 Å². The van der Waals surface area contributed by atoms with Gasteiger partial charge >= 0.3 is 0 Å². The van der Waals surface area contributed by atoms with E-state index < -0.39 is 23.1 Å². The molecule has 29 heavy (non-hydrogen) atoms. The molecule has 0 bridgehead atoms. The first-order valence-electron chi connectivity index (χ1n) is 8.26. The summed E-state index contributed by atoms with van der Waals surface area (Å²) in [4.78, 5) is 19.6. The number of aromatic nitrogens is 2. The molecule has 0 saturated heterocycles. The van der Waals surface area contributed by atoms with E-state index in [1.54, 1.807) is 6.07 Å². The third-order valence-electron chi connectivity index (χ3n) is 3.99. The highest BCUT2D eigenvalue weighted by Gasteiger charge is 2.24. The molecule has 3 rings (SSSR count). The van der Waals surface area contributed by atoms with E-state index in [1.807, 2.05) is 0 Å². The highest BCUT2D eigenvalue weighted by molar-refractivity contribution is 7.20. The van der Waals surface area contributed by atoms with E-state index in [0.717, 1.165) is 23.5 Å². The van der Waals surface area contributed by atoms with E-state index in [4.69, 9.17) is 11.0 Å². The Hall–Kier alpha value is -3.42. The summed E-state index contributed by atoms with van der Waals surface area (Å²) >= 11 is 0.893. The standard InChI is InChI=1S/C19H15F2N5O2S/c1-19(2,28)9-5-11(20)16(12(21)6-9)13-7-10(17(23)27)18(29-13)26-14-3-4-24-15(8-22)25-14/h3-7,28H,1-2H3,(H2,23,27)(H,24,25,26). The molecule has 7 nitrogen and oxygen atoms in total. The predicted octanol–water partition coefficient (Wildman–Crippen LogP) is 3.42. The third kappa shape index (κ3) is 4.21. The first kappa shape index (κ1) is 20.3. The summed E-state index contributed by atoms with van der Waals surface area (Å²) in [6.07, 6.45) is 1.35. The molecule has 148 valence electrons. The minimum atomic E-state index is -1.42. The Kier molecular flexibility index (Phi) is 5.28. The van der Waals surface area contributed by atoms with Crippen LogP contribution >= 0.6 is 11.3 Å². The van der Waals surface area contributed by atoms with Gasteiger partial charge in [0.05, 0.1) is 16.7 Å². The molecule has 0 fully saturated rings. The normalized spacial score (nSPS) is 11.2. The van der Waals surface area contributed by atoms with Gasteiger partial charge in [-0.3, -0.25) is 4.79 Å². The molecular weight excluding hydrogens is 400 g/mol. The number of hydrogen-bond acceptors (Lipinski definition) is 7. The van der Waals surface area contributed by atoms with E-state index >= 15 is 0 Å². The lowest BCUT2D eigenvalue weighted by molar-refractivity contribution is 0.0778. The molecule has 1 aromatic carbocycles. The molecule has 3 aromatic rings. The van der Waals surface area contributed by atoms with Crippen LogP contribution in [-0.4, -0.2) is 21.0 Å². The summed E-state index contributed by atoms with van der Waals surface area (Å²) in [6.45, 7) is 2.83. The van der Waals surface area contributed by atoms with Gasteiger partial charge in [0.2, 0.25) is 5.82 Å². The van der Waals surface area contributed by atoms with Gasteiger partial charge in [0.15, 0.2) is 0 Å². The van der Waals surface area contributed by atoms with Crippen LogP contribution < -0.4 is 11.1 Å². The van der Waals surface area contributed by atoms with Gasteiger partial charge in [-0.2, -0.15) is 5.26 Å². The summed E-state index contributed by atoms with van der Waals surface area (Å²) in [5.41, 5.74) is 3.70. The number of amides is 1. The number of thiophene rings is 1. The number of nitrogens with zero attached hydrogens (tertiary/aromatic N) is 3. The number of carbonyl (C=O) groups is 1. The zero-order valence-corrected chi connectivity index (χ0v) is 16.1. The molecule has 2 aromatic heterocycles. The van der Waals surface area contributed by atoms with Crippen molar-refractivity contribution < 1.29 is 18.7 Å². The van der Waals surface area contributed by atoms with Gasteiger partial charge < -0.3 is 16.2 Å². The quantitative estimate of drug-likeness (QED) is 0.586. The lowest BCUT2D eigenvalue weighted by Gasteiger charge is -2.18. The molecule has 0 aliphatic rings. The van der Waals surface area contributed by atoms with Gasteiger partial charge in [-0.15, -0.1) is 11.3 Å². The van der Waals surface area contributed by atoms with Crippen LogP contribution in [0.2, 0.25) is 0 Å². The van der Waals surface area contributed by atoms with Crippen LogP contribution in [0.15, 0.2) is 30.5 Å². The Balaban J connectivity index is 2.08. The van der Waals surface area contributed by atoms with Gasteiger partial charge in [-0.25, -0.2) is 18.7 Å². The van der Waals surface area contributed by atoms with Crippen LogP contribution in [0.3, 0.4) is 0 Å². The Morgan fingerprint density at radius 1 is 1.31 bits per heavy atom. The number of primary amides is 1. The maximum Gasteiger partial charge on any atom is 0.251 e. The van der Waals surface area contributed by atoms with Crippen LogP contribution in [-0.2, 0) is 5.60 Å². The second-order valence-electron chi connectivity index (χ2n) is 6.59. The third-order valence-corrected chi connectivity index (χ3v) is 5.06. The zero-order valence-electron chi connectivity index (χ0n) is 15.3. The second-order valence-corrected chi connectivity index (χ2v) is 7.65. The van der Waals surface area contributed by atoms with Gasteiger partial charge in [0.25, 0.3) is 5.91 Å². The van der Waals surface area contributed by atoms with Crippen molar-refractivity contribution in [3.8, 4) is 16.5 Å². The predicted molar refractivity (Wildman–Crippen MR) is 103 cm³/mol. The van der Waals surface area contributed by atoms with E-state index in [0.29, 0.717) is 0 Å². The minimum absolute atomic E-state index is 0.00693. The number of anilines is 2. The molecule has 0 saturated carbocycles. The fourth-order valence-electron chi connectivity index (χ4n) is 2.55. The largest absolute Gasteiger partial charge is 0.386 e. The van der Waals surface area contributed by atoms with Crippen LogP contribution in [0.5, 0.6) is 0 Å². The Morgan fingerprint density at radius 2 is 1.97 bits per heavy atom. The van der Waals surface area contributed by atoms with Crippen LogP contribution in [0, 0.1) is 23.0 Å². The number of nitrogens with two attached hydrogens (primary N) is 1. The Labute approximate surface area is 168 Å². The van der Waals surface area contributed by atoms with E-state index in [2.05, 4.69) is 15.3 Å². The maximum absolute atomic E-state index is 14.7. The van der Waals surface area contributed by atoms with Gasteiger partial charge in [-0.1, -0.05) is 0 Å². The number of benzene rings is 1. The number of carbonyl (C=O) groups excluding carboxylic acids is 1. The molecule has 2 heterocycles. The molecular formula is C19H15F2N5O2S. The molecule has 0 spiro atoms. The average molecular weight is 415 g/mol. The van der Waals surface area contributed by atoms with Crippen molar-refractivity contribution in [3.63, 3.8) is 0 Å². The molecule has 1 amide bonds. The Bertz CT molecular complexity index is 1130. The monoisotopic (exact) mass is 415 g/mol. The summed E-state index contributed by atoms with van der Waals surface area (Å²) in [5.74, 6) is -2.46. The zero-order chi connectivity index (χ0) is 21.3. The van der Waals surface area contributed by atoms with Crippen molar-refractivity contribution in [2.24, 2.45) is 5.73 Å². The van der Waals surface area contributed by atoms with Crippen LogP contribution in [0.25, 0.3) is 10.4 Å². The summed E-state index contributed by atoms with van der Waals surface area (Å²) in [7, 11) is 0. The lowest BCUT2D eigenvalue weighted by Crippen LogP contribution is -2.16. The van der Waals surface area contributed by atoms with E-state index in [-0.39, 0.29) is 38.2 Å². The molecule has 0 radical (unpaired) electrons. The van der Waals surface area contributed by atoms with Crippen molar-refractivity contribution in [1.82, 2.24) is 9.97 Å². The molecule has 0 unspecified atom stereocenters. The summed E-state index contributed by atoms with van der Waals surface area (Å²) < 4.78 is 29.3. The number of aliphatic hydroxyl groups is 1. The number of hydrogen-bond donors (Lipinski definition) is 3. The maximum atomic E-state index is 14.7. The highest BCUT2D eigenvalue weighted by Crippen LogP contribution is 2.40. The van der Waals surface area contributed by atoms with Crippen molar-refractivity contribution in [2.45, 2.75) is 19.4 Å². The first-order valence-corrected chi connectivity index (χ1v) is 9.08. The SMILES string of the molecule is CC(C)(O)c1cc(F)c(-c2cc(C(N)=O)c(Nc3ccnc(C#N)n3)s2)c(F)c1. The molecule has 0 aliphatic carbocycles. The number of nitriles is 1. The number of nitrogens with one attached hydrogen (secondary N) is 1. The second kappa shape index (κ2) is 7.54.